The van der Waals surface area contributed by atoms with Crippen LogP contribution in [-0.2, 0) is 16.6 Å². The molecule has 2 rings (SSSR count). The molecule has 0 N–H and O–H groups in total. The van der Waals surface area contributed by atoms with Crippen molar-refractivity contribution >= 4 is 21.6 Å². The Kier molecular flexibility index (Phi) is 5.68. The summed E-state index contributed by atoms with van der Waals surface area (Å²) in [6.07, 6.45) is 6.42. The van der Waals surface area contributed by atoms with E-state index in [1.165, 1.54) is 0 Å². The van der Waals surface area contributed by atoms with Crippen molar-refractivity contribution in [2.45, 2.75) is 63.6 Å². The Morgan fingerprint density at radius 1 is 1.38 bits per heavy atom. The molecule has 0 saturated carbocycles. The van der Waals surface area contributed by atoms with Crippen LogP contribution in [0.4, 0.5) is 0 Å². The maximum atomic E-state index is 12.9. The lowest BCUT2D eigenvalue weighted by atomic mass is 10.1. The van der Waals surface area contributed by atoms with Crippen LogP contribution in [0.15, 0.2) is 11.2 Å². The predicted octanol–water partition coefficient (Wildman–Crippen LogP) is 2.77. The van der Waals surface area contributed by atoms with Crippen molar-refractivity contribution in [2.75, 3.05) is 12.4 Å². The van der Waals surface area contributed by atoms with Crippen LogP contribution in [0.5, 0.6) is 0 Å². The average molecular weight is 334 g/mol. The topological polar surface area (TPSA) is 55.2 Å². The summed E-state index contributed by atoms with van der Waals surface area (Å²) in [5, 5.41) is 0.158. The minimum absolute atomic E-state index is 0.115. The smallest absolute Gasteiger partial charge is 0.262 e. The summed E-state index contributed by atoms with van der Waals surface area (Å²) in [6, 6.07) is -0.115. The number of sulfonamides is 1. The van der Waals surface area contributed by atoms with E-state index in [0.717, 1.165) is 44.5 Å². The summed E-state index contributed by atoms with van der Waals surface area (Å²) in [5.74, 6) is 1.08. The summed E-state index contributed by atoms with van der Waals surface area (Å²) in [4.78, 5) is 4.27. The molecule has 0 amide bonds. The highest BCUT2D eigenvalue weighted by Gasteiger charge is 2.33. The third kappa shape index (κ3) is 3.60. The van der Waals surface area contributed by atoms with Gasteiger partial charge in [-0.3, -0.25) is 0 Å². The zero-order valence-electron chi connectivity index (χ0n) is 12.8. The molecule has 5 nitrogen and oxygen atoms in total. The van der Waals surface area contributed by atoms with Gasteiger partial charge in [0.05, 0.1) is 0 Å². The van der Waals surface area contributed by atoms with Crippen LogP contribution in [0.2, 0.25) is 0 Å². The number of aryl methyl sites for hydroxylation is 2. The number of alkyl halides is 1. The van der Waals surface area contributed by atoms with Crippen molar-refractivity contribution in [1.82, 2.24) is 13.9 Å². The van der Waals surface area contributed by atoms with Gasteiger partial charge in [0.1, 0.15) is 5.82 Å². The quantitative estimate of drug-likeness (QED) is 0.778. The molecule has 1 aromatic heterocycles. The number of nitrogens with zero attached hydrogens (tertiary/aromatic N) is 3. The van der Waals surface area contributed by atoms with E-state index in [1.807, 2.05) is 11.5 Å². The molecule has 2 heterocycles. The van der Waals surface area contributed by atoms with Gasteiger partial charge in [0, 0.05) is 31.2 Å². The van der Waals surface area contributed by atoms with E-state index in [9.17, 15) is 8.42 Å². The lowest BCUT2D eigenvalue weighted by molar-refractivity contribution is 0.344. The Morgan fingerprint density at radius 2 is 2.14 bits per heavy atom. The molecule has 0 spiro atoms. The van der Waals surface area contributed by atoms with Crippen LogP contribution in [0.1, 0.15) is 44.9 Å². The lowest BCUT2D eigenvalue weighted by Crippen LogP contribution is -2.41. The van der Waals surface area contributed by atoms with Gasteiger partial charge < -0.3 is 4.57 Å². The van der Waals surface area contributed by atoms with Gasteiger partial charge in [-0.15, -0.1) is 11.6 Å². The van der Waals surface area contributed by atoms with Gasteiger partial charge in [0.15, 0.2) is 5.03 Å². The van der Waals surface area contributed by atoms with Gasteiger partial charge in [-0.25, -0.2) is 13.4 Å². The Bertz CT molecular complexity index is 571. The molecule has 1 aromatic rings. The van der Waals surface area contributed by atoms with Crippen molar-refractivity contribution in [3.63, 3.8) is 0 Å². The molecular weight excluding hydrogens is 310 g/mol. The van der Waals surface area contributed by atoms with Crippen molar-refractivity contribution < 1.29 is 8.42 Å². The van der Waals surface area contributed by atoms with Gasteiger partial charge in [-0.2, -0.15) is 4.31 Å². The number of hydrogen-bond donors (Lipinski definition) is 0. The van der Waals surface area contributed by atoms with E-state index in [-0.39, 0.29) is 11.1 Å². The highest BCUT2D eigenvalue weighted by atomic mass is 35.5. The van der Waals surface area contributed by atoms with Gasteiger partial charge >= 0.3 is 0 Å². The standard InChI is InChI=1S/C14H24ClN3O2S/c1-3-8-17-11-14(16-12(17)2)21(19,20)18-9-6-4-5-7-13(18)10-15/h11,13H,3-10H2,1-2H3. The monoisotopic (exact) mass is 333 g/mol. The molecule has 0 aromatic carbocycles. The third-order valence-electron chi connectivity index (χ3n) is 3.99. The maximum Gasteiger partial charge on any atom is 0.262 e. The number of hydrogen-bond acceptors (Lipinski definition) is 3. The first-order valence-electron chi connectivity index (χ1n) is 7.62. The third-order valence-corrected chi connectivity index (χ3v) is 6.17. The lowest BCUT2D eigenvalue weighted by Gasteiger charge is -2.26. The van der Waals surface area contributed by atoms with E-state index in [1.54, 1.807) is 10.5 Å². The zero-order chi connectivity index (χ0) is 15.5. The fourth-order valence-electron chi connectivity index (χ4n) is 2.81. The molecule has 0 radical (unpaired) electrons. The second-order valence-electron chi connectivity index (χ2n) is 5.59. The fourth-order valence-corrected chi connectivity index (χ4v) is 4.91. The van der Waals surface area contributed by atoms with E-state index in [4.69, 9.17) is 11.6 Å². The molecule has 0 bridgehead atoms. The molecule has 1 atom stereocenters. The van der Waals surface area contributed by atoms with Crippen LogP contribution in [-0.4, -0.2) is 40.7 Å². The van der Waals surface area contributed by atoms with Gasteiger partial charge in [-0.1, -0.05) is 19.8 Å². The predicted molar refractivity (Wildman–Crippen MR) is 84.1 cm³/mol. The van der Waals surface area contributed by atoms with Crippen LogP contribution < -0.4 is 0 Å². The second-order valence-corrected chi connectivity index (χ2v) is 7.74. The molecular formula is C14H24ClN3O2S. The molecule has 1 fully saturated rings. The van der Waals surface area contributed by atoms with E-state index in [0.29, 0.717) is 12.4 Å². The van der Waals surface area contributed by atoms with Crippen molar-refractivity contribution in [3.05, 3.63) is 12.0 Å². The minimum atomic E-state index is -3.55. The minimum Gasteiger partial charge on any atom is -0.334 e. The van der Waals surface area contributed by atoms with Crippen molar-refractivity contribution in [3.8, 4) is 0 Å². The first-order chi connectivity index (χ1) is 10.0. The molecule has 1 aliphatic rings. The zero-order valence-corrected chi connectivity index (χ0v) is 14.3. The molecule has 0 aliphatic carbocycles. The Balaban J connectivity index is 2.33. The van der Waals surface area contributed by atoms with Crippen LogP contribution in [0, 0.1) is 6.92 Å². The molecule has 1 aliphatic heterocycles. The van der Waals surface area contributed by atoms with E-state index in [2.05, 4.69) is 11.9 Å². The summed E-state index contributed by atoms with van der Waals surface area (Å²) in [6.45, 7) is 5.23. The van der Waals surface area contributed by atoms with Crippen LogP contribution >= 0.6 is 11.6 Å². The van der Waals surface area contributed by atoms with Gasteiger partial charge in [0.2, 0.25) is 0 Å². The first kappa shape index (κ1) is 16.8. The normalized spacial score (nSPS) is 21.4. The second kappa shape index (κ2) is 7.11. The summed E-state index contributed by atoms with van der Waals surface area (Å²) in [7, 11) is -3.55. The highest BCUT2D eigenvalue weighted by molar-refractivity contribution is 7.89. The van der Waals surface area contributed by atoms with Crippen LogP contribution in [0.3, 0.4) is 0 Å². The summed E-state index contributed by atoms with van der Waals surface area (Å²) >= 11 is 6.00. The molecule has 21 heavy (non-hydrogen) atoms. The SMILES string of the molecule is CCCn1cc(S(=O)(=O)N2CCCCCC2CCl)nc1C. The Hall–Kier alpha value is -0.590. The highest BCUT2D eigenvalue weighted by Crippen LogP contribution is 2.25. The summed E-state index contributed by atoms with van der Waals surface area (Å²) in [5.41, 5.74) is 0. The number of aromatic nitrogens is 2. The molecule has 7 heteroatoms. The summed E-state index contributed by atoms with van der Waals surface area (Å²) < 4.78 is 29.2. The average Bonchev–Trinajstić information content (AvgIpc) is 2.69. The number of halogens is 1. The van der Waals surface area contributed by atoms with E-state index < -0.39 is 10.0 Å². The maximum absolute atomic E-state index is 12.9. The van der Waals surface area contributed by atoms with Crippen molar-refractivity contribution in [2.24, 2.45) is 0 Å². The Morgan fingerprint density at radius 3 is 2.81 bits per heavy atom. The first-order valence-corrected chi connectivity index (χ1v) is 9.59. The van der Waals surface area contributed by atoms with Crippen molar-refractivity contribution in [1.29, 1.82) is 0 Å². The van der Waals surface area contributed by atoms with Gasteiger partial charge in [0.25, 0.3) is 10.0 Å². The molecule has 120 valence electrons. The van der Waals surface area contributed by atoms with E-state index >= 15 is 0 Å². The molecule has 1 saturated heterocycles. The number of imidazole rings is 1. The van der Waals surface area contributed by atoms with Gasteiger partial charge in [-0.05, 0) is 26.2 Å². The number of rotatable bonds is 5. The van der Waals surface area contributed by atoms with Crippen LogP contribution in [0.25, 0.3) is 0 Å². The Labute approximate surface area is 132 Å². The fraction of sp³-hybridized carbons (Fsp3) is 0.786. The molecule has 1 unspecified atom stereocenters. The largest absolute Gasteiger partial charge is 0.334 e.